The van der Waals surface area contributed by atoms with E-state index in [9.17, 15) is 9.59 Å². The van der Waals surface area contributed by atoms with E-state index < -0.39 is 0 Å². The molecular weight excluding hydrogens is 322 g/mol. The number of piperidine rings is 2. The maximum absolute atomic E-state index is 12.3. The average Bonchev–Trinajstić information content (AvgIpc) is 2.60. The Kier molecular flexibility index (Phi) is 5.43. The van der Waals surface area contributed by atoms with Crippen LogP contribution in [0.1, 0.15) is 31.2 Å². The molecule has 3 heterocycles. The summed E-state index contributed by atoms with van der Waals surface area (Å²) in [6.07, 6.45) is 9.14. The molecule has 0 bridgehead atoms. The van der Waals surface area contributed by atoms with Crippen molar-refractivity contribution in [2.45, 2.75) is 32.2 Å². The number of hydrogen-bond acceptors (Lipinski definition) is 4. The van der Waals surface area contributed by atoms with Crippen LogP contribution >= 0.6 is 11.8 Å². The number of amides is 2. The van der Waals surface area contributed by atoms with Crippen LogP contribution in [0.25, 0.3) is 0 Å². The SMILES string of the molecule is CSCC(=O)N1CCC2(CCC(=O)N(Cc3cccnc3)C2)CC1. The number of thioether (sulfide) groups is 1. The van der Waals surface area contributed by atoms with E-state index in [-0.39, 0.29) is 17.2 Å². The summed E-state index contributed by atoms with van der Waals surface area (Å²) < 4.78 is 0. The Labute approximate surface area is 147 Å². The minimum Gasteiger partial charge on any atom is -0.342 e. The van der Waals surface area contributed by atoms with Crippen LogP contribution in [-0.2, 0) is 16.1 Å². The van der Waals surface area contributed by atoms with Crippen LogP contribution in [0, 0.1) is 5.41 Å². The summed E-state index contributed by atoms with van der Waals surface area (Å²) in [5, 5.41) is 0. The van der Waals surface area contributed by atoms with Crippen LogP contribution < -0.4 is 0 Å². The molecule has 0 aliphatic carbocycles. The summed E-state index contributed by atoms with van der Waals surface area (Å²) >= 11 is 1.58. The van der Waals surface area contributed by atoms with Crippen molar-refractivity contribution in [3.63, 3.8) is 0 Å². The van der Waals surface area contributed by atoms with Crippen molar-refractivity contribution in [1.29, 1.82) is 0 Å². The van der Waals surface area contributed by atoms with Gasteiger partial charge in [0.25, 0.3) is 0 Å². The minimum atomic E-state index is 0.187. The number of pyridine rings is 1. The van der Waals surface area contributed by atoms with E-state index >= 15 is 0 Å². The number of likely N-dealkylation sites (tertiary alicyclic amines) is 2. The van der Waals surface area contributed by atoms with Crippen molar-refractivity contribution in [3.05, 3.63) is 30.1 Å². The number of carbonyl (C=O) groups is 2. The number of nitrogens with zero attached hydrogens (tertiary/aromatic N) is 3. The third-order valence-electron chi connectivity index (χ3n) is 5.29. The summed E-state index contributed by atoms with van der Waals surface area (Å²) in [5.74, 6) is 1.06. The molecule has 2 fully saturated rings. The highest BCUT2D eigenvalue weighted by molar-refractivity contribution is 7.99. The lowest BCUT2D eigenvalue weighted by Gasteiger charge is -2.47. The Morgan fingerprint density at radius 1 is 1.33 bits per heavy atom. The molecule has 130 valence electrons. The Morgan fingerprint density at radius 3 is 2.79 bits per heavy atom. The number of rotatable bonds is 4. The van der Waals surface area contributed by atoms with Crippen molar-refractivity contribution in [3.8, 4) is 0 Å². The third-order valence-corrected chi connectivity index (χ3v) is 5.82. The normalized spacial score (nSPS) is 20.5. The predicted octanol–water partition coefficient (Wildman–Crippen LogP) is 2.18. The first-order valence-electron chi connectivity index (χ1n) is 8.55. The zero-order valence-electron chi connectivity index (χ0n) is 14.2. The highest BCUT2D eigenvalue weighted by atomic mass is 32.2. The Hall–Kier alpha value is -1.56. The molecule has 0 radical (unpaired) electrons. The Morgan fingerprint density at radius 2 is 2.12 bits per heavy atom. The molecule has 2 aliphatic rings. The number of aromatic nitrogens is 1. The van der Waals surface area contributed by atoms with Crippen molar-refractivity contribution < 1.29 is 9.59 Å². The van der Waals surface area contributed by atoms with Gasteiger partial charge >= 0.3 is 0 Å². The van der Waals surface area contributed by atoms with E-state index in [0.717, 1.165) is 44.5 Å². The zero-order valence-corrected chi connectivity index (χ0v) is 15.1. The molecule has 0 aromatic carbocycles. The van der Waals surface area contributed by atoms with Crippen molar-refractivity contribution in [2.75, 3.05) is 31.6 Å². The first-order valence-corrected chi connectivity index (χ1v) is 9.95. The predicted molar refractivity (Wildman–Crippen MR) is 95.5 cm³/mol. The third kappa shape index (κ3) is 3.91. The minimum absolute atomic E-state index is 0.187. The molecule has 5 nitrogen and oxygen atoms in total. The molecule has 1 aromatic rings. The van der Waals surface area contributed by atoms with Gasteiger partial charge in [-0.3, -0.25) is 14.6 Å². The van der Waals surface area contributed by atoms with Gasteiger partial charge in [0.1, 0.15) is 0 Å². The van der Waals surface area contributed by atoms with Gasteiger partial charge < -0.3 is 9.80 Å². The summed E-state index contributed by atoms with van der Waals surface area (Å²) in [5.41, 5.74) is 1.27. The van der Waals surface area contributed by atoms with Crippen LogP contribution in [0.5, 0.6) is 0 Å². The molecule has 0 N–H and O–H groups in total. The first-order chi connectivity index (χ1) is 11.6. The molecular formula is C18H25N3O2S. The molecule has 2 saturated heterocycles. The quantitative estimate of drug-likeness (QED) is 0.838. The smallest absolute Gasteiger partial charge is 0.232 e. The molecule has 24 heavy (non-hydrogen) atoms. The van der Waals surface area contributed by atoms with E-state index in [1.807, 2.05) is 34.4 Å². The van der Waals surface area contributed by atoms with E-state index in [2.05, 4.69) is 4.98 Å². The molecule has 0 saturated carbocycles. The van der Waals surface area contributed by atoms with E-state index in [1.54, 1.807) is 18.0 Å². The highest BCUT2D eigenvalue weighted by Crippen LogP contribution is 2.40. The van der Waals surface area contributed by atoms with Crippen LogP contribution in [0.4, 0.5) is 0 Å². The van der Waals surface area contributed by atoms with Gasteiger partial charge in [-0.2, -0.15) is 11.8 Å². The van der Waals surface area contributed by atoms with E-state index in [4.69, 9.17) is 0 Å². The van der Waals surface area contributed by atoms with Gasteiger partial charge in [0, 0.05) is 45.0 Å². The highest BCUT2D eigenvalue weighted by Gasteiger charge is 2.41. The van der Waals surface area contributed by atoms with Crippen LogP contribution in [0.3, 0.4) is 0 Å². The molecule has 1 aromatic heterocycles. The molecule has 6 heteroatoms. The fourth-order valence-corrected chi connectivity index (χ4v) is 4.24. The van der Waals surface area contributed by atoms with Gasteiger partial charge in [-0.15, -0.1) is 0 Å². The fourth-order valence-electron chi connectivity index (χ4n) is 3.81. The maximum Gasteiger partial charge on any atom is 0.232 e. The van der Waals surface area contributed by atoms with Gasteiger partial charge in [-0.25, -0.2) is 0 Å². The lowest BCUT2D eigenvalue weighted by atomic mass is 9.72. The standard InChI is InChI=1S/C18H25N3O2S/c1-24-13-17(23)20-9-6-18(7-10-20)5-4-16(22)21(14-18)12-15-3-2-8-19-11-15/h2-3,8,11H,4-7,9-10,12-14H2,1H3. The summed E-state index contributed by atoms with van der Waals surface area (Å²) in [6, 6.07) is 3.93. The Bertz CT molecular complexity index is 585. The average molecular weight is 347 g/mol. The maximum atomic E-state index is 12.3. The van der Waals surface area contributed by atoms with Gasteiger partial charge in [0.15, 0.2) is 0 Å². The molecule has 1 spiro atoms. The second kappa shape index (κ2) is 7.55. The van der Waals surface area contributed by atoms with Crippen molar-refractivity contribution in [2.24, 2.45) is 5.41 Å². The second-order valence-electron chi connectivity index (χ2n) is 6.92. The summed E-state index contributed by atoms with van der Waals surface area (Å²) in [4.78, 5) is 32.5. The lowest BCUT2D eigenvalue weighted by Crippen LogP contribution is -2.52. The van der Waals surface area contributed by atoms with Gasteiger partial charge in [0.2, 0.25) is 11.8 Å². The fraction of sp³-hybridized carbons (Fsp3) is 0.611. The topological polar surface area (TPSA) is 53.5 Å². The van der Waals surface area contributed by atoms with Gasteiger partial charge in [-0.1, -0.05) is 6.07 Å². The largest absolute Gasteiger partial charge is 0.342 e. The molecule has 0 unspecified atom stereocenters. The number of hydrogen-bond donors (Lipinski definition) is 0. The monoisotopic (exact) mass is 347 g/mol. The molecule has 0 atom stereocenters. The van der Waals surface area contributed by atoms with E-state index in [1.165, 1.54) is 0 Å². The Balaban J connectivity index is 1.61. The molecule has 2 amide bonds. The second-order valence-corrected chi connectivity index (χ2v) is 7.79. The van der Waals surface area contributed by atoms with Crippen LogP contribution in [0.15, 0.2) is 24.5 Å². The molecule has 2 aliphatic heterocycles. The van der Waals surface area contributed by atoms with E-state index in [0.29, 0.717) is 18.7 Å². The summed E-state index contributed by atoms with van der Waals surface area (Å²) in [6.45, 7) is 3.11. The van der Waals surface area contributed by atoms with Crippen molar-refractivity contribution in [1.82, 2.24) is 14.8 Å². The zero-order chi connectivity index (χ0) is 17.0. The molecule has 3 rings (SSSR count). The van der Waals surface area contributed by atoms with Gasteiger partial charge in [0.05, 0.1) is 5.75 Å². The first kappa shape index (κ1) is 17.3. The van der Waals surface area contributed by atoms with Crippen LogP contribution in [0.2, 0.25) is 0 Å². The number of carbonyl (C=O) groups excluding carboxylic acids is 2. The summed E-state index contributed by atoms with van der Waals surface area (Å²) in [7, 11) is 0. The van der Waals surface area contributed by atoms with Crippen LogP contribution in [-0.4, -0.2) is 58.2 Å². The van der Waals surface area contributed by atoms with Gasteiger partial charge in [-0.05, 0) is 42.6 Å². The lowest BCUT2D eigenvalue weighted by molar-refractivity contribution is -0.142. The van der Waals surface area contributed by atoms with Crippen molar-refractivity contribution >= 4 is 23.6 Å².